The molecule has 5 rings (SSSR count). The SMILES string of the molecule is Cc1cc(N2CCN(c3cnn(CC4CC4)c(=O)c3Cl)CC2)n2nc(C)cc2n1. The zero-order valence-electron chi connectivity index (χ0n) is 16.7. The van der Waals surface area contributed by atoms with E-state index in [9.17, 15) is 4.79 Å². The Bertz CT molecular complexity index is 1130. The summed E-state index contributed by atoms with van der Waals surface area (Å²) in [5.41, 5.74) is 3.34. The van der Waals surface area contributed by atoms with E-state index < -0.39 is 0 Å². The standard InChI is InChI=1S/C20H24ClN7O/c1-13-10-18(28-17(23-13)9-14(2)24-28)26-7-5-25(6-8-26)16-11-22-27(12-15-3-4-15)20(29)19(16)21/h9-11,15H,3-8,12H2,1-2H3. The van der Waals surface area contributed by atoms with Gasteiger partial charge >= 0.3 is 0 Å². The van der Waals surface area contributed by atoms with Crippen molar-refractivity contribution >= 4 is 28.8 Å². The van der Waals surface area contributed by atoms with Gasteiger partial charge in [-0.2, -0.15) is 14.7 Å². The van der Waals surface area contributed by atoms with Crippen molar-refractivity contribution in [2.24, 2.45) is 5.92 Å². The number of aryl methyl sites for hydroxylation is 2. The van der Waals surface area contributed by atoms with E-state index in [2.05, 4.69) is 31.0 Å². The van der Waals surface area contributed by atoms with Crippen LogP contribution in [0.3, 0.4) is 0 Å². The summed E-state index contributed by atoms with van der Waals surface area (Å²) in [6.45, 7) is 7.79. The topological polar surface area (TPSA) is 71.6 Å². The number of halogens is 1. The van der Waals surface area contributed by atoms with E-state index >= 15 is 0 Å². The largest absolute Gasteiger partial charge is 0.365 e. The minimum absolute atomic E-state index is 0.183. The molecule has 0 unspecified atom stereocenters. The molecule has 8 nitrogen and oxygen atoms in total. The van der Waals surface area contributed by atoms with Crippen LogP contribution in [0.4, 0.5) is 11.5 Å². The molecule has 1 saturated carbocycles. The van der Waals surface area contributed by atoms with Crippen molar-refractivity contribution in [3.63, 3.8) is 0 Å². The number of rotatable bonds is 4. The molecule has 1 aliphatic heterocycles. The summed E-state index contributed by atoms with van der Waals surface area (Å²) in [5.74, 6) is 1.63. The van der Waals surface area contributed by atoms with Gasteiger partial charge in [0.05, 0.1) is 17.6 Å². The van der Waals surface area contributed by atoms with Gasteiger partial charge in [-0.05, 0) is 32.6 Å². The molecule has 0 bridgehead atoms. The lowest BCUT2D eigenvalue weighted by Gasteiger charge is -2.37. The Morgan fingerprint density at radius 3 is 2.52 bits per heavy atom. The van der Waals surface area contributed by atoms with Crippen molar-refractivity contribution in [1.29, 1.82) is 0 Å². The second-order valence-corrected chi connectivity index (χ2v) is 8.44. The summed E-state index contributed by atoms with van der Waals surface area (Å²) in [6, 6.07) is 4.07. The van der Waals surface area contributed by atoms with Crippen LogP contribution in [0.15, 0.2) is 23.1 Å². The van der Waals surface area contributed by atoms with Crippen LogP contribution in [0.25, 0.3) is 5.65 Å². The second kappa shape index (κ2) is 7.02. The van der Waals surface area contributed by atoms with Gasteiger partial charge in [0.25, 0.3) is 5.56 Å². The van der Waals surface area contributed by atoms with Crippen LogP contribution in [0.5, 0.6) is 0 Å². The van der Waals surface area contributed by atoms with Gasteiger partial charge in [-0.3, -0.25) is 4.79 Å². The number of fused-ring (bicyclic) bond motifs is 1. The van der Waals surface area contributed by atoms with Crippen LogP contribution in [0.2, 0.25) is 5.02 Å². The molecule has 152 valence electrons. The van der Waals surface area contributed by atoms with Gasteiger partial charge in [0.1, 0.15) is 10.8 Å². The minimum Gasteiger partial charge on any atom is -0.365 e. The highest BCUT2D eigenvalue weighted by Crippen LogP contribution is 2.30. The lowest BCUT2D eigenvalue weighted by molar-refractivity contribution is 0.531. The quantitative estimate of drug-likeness (QED) is 0.653. The Labute approximate surface area is 173 Å². The van der Waals surface area contributed by atoms with E-state index in [1.165, 1.54) is 17.5 Å². The molecule has 29 heavy (non-hydrogen) atoms. The summed E-state index contributed by atoms with van der Waals surface area (Å²) in [6.07, 6.45) is 4.09. The normalized spacial score (nSPS) is 17.3. The number of hydrogen-bond acceptors (Lipinski definition) is 6. The predicted octanol–water partition coefficient (Wildman–Crippen LogP) is 2.29. The van der Waals surface area contributed by atoms with Crippen LogP contribution in [0, 0.1) is 19.8 Å². The molecule has 0 amide bonds. The molecule has 0 atom stereocenters. The fourth-order valence-corrected chi connectivity index (χ4v) is 4.21. The molecule has 0 radical (unpaired) electrons. The Morgan fingerprint density at radius 2 is 1.79 bits per heavy atom. The number of aromatic nitrogens is 5. The molecule has 2 fully saturated rings. The first kappa shape index (κ1) is 18.4. The first-order valence-corrected chi connectivity index (χ1v) is 10.5. The Balaban J connectivity index is 1.36. The maximum atomic E-state index is 12.6. The smallest absolute Gasteiger partial charge is 0.287 e. The van der Waals surface area contributed by atoms with Gasteiger partial charge in [-0.1, -0.05) is 11.6 Å². The van der Waals surface area contributed by atoms with Crippen molar-refractivity contribution in [3.8, 4) is 0 Å². The zero-order valence-corrected chi connectivity index (χ0v) is 17.4. The minimum atomic E-state index is -0.183. The highest BCUT2D eigenvalue weighted by molar-refractivity contribution is 6.33. The van der Waals surface area contributed by atoms with Crippen LogP contribution in [0.1, 0.15) is 24.2 Å². The molecule has 4 heterocycles. The molecular weight excluding hydrogens is 390 g/mol. The van der Waals surface area contributed by atoms with Crippen molar-refractivity contribution in [1.82, 2.24) is 24.4 Å². The van der Waals surface area contributed by atoms with E-state index in [1.807, 2.05) is 24.4 Å². The molecule has 3 aromatic heterocycles. The van der Waals surface area contributed by atoms with Gasteiger partial charge in [-0.15, -0.1) is 0 Å². The van der Waals surface area contributed by atoms with Crippen molar-refractivity contribution in [2.75, 3.05) is 36.0 Å². The van der Waals surface area contributed by atoms with E-state index in [-0.39, 0.29) is 10.6 Å². The molecule has 0 N–H and O–H groups in total. The molecule has 0 aromatic carbocycles. The average molecular weight is 414 g/mol. The maximum absolute atomic E-state index is 12.6. The first-order valence-electron chi connectivity index (χ1n) is 10.1. The third-order valence-corrected chi connectivity index (χ3v) is 6.05. The zero-order chi connectivity index (χ0) is 20.1. The van der Waals surface area contributed by atoms with E-state index in [0.29, 0.717) is 12.5 Å². The molecule has 0 spiro atoms. The molecule has 3 aromatic rings. The van der Waals surface area contributed by atoms with Gasteiger partial charge in [0.2, 0.25) is 0 Å². The van der Waals surface area contributed by atoms with Crippen LogP contribution in [-0.4, -0.2) is 50.6 Å². The van der Waals surface area contributed by atoms with Gasteiger partial charge in [0, 0.05) is 50.6 Å². The molecule has 1 aliphatic carbocycles. The Morgan fingerprint density at radius 1 is 1.07 bits per heavy atom. The number of nitrogens with zero attached hydrogens (tertiary/aromatic N) is 7. The number of hydrogen-bond donors (Lipinski definition) is 0. The van der Waals surface area contributed by atoms with Gasteiger partial charge < -0.3 is 9.80 Å². The highest BCUT2D eigenvalue weighted by atomic mass is 35.5. The molecule has 2 aliphatic rings. The Kier molecular flexibility index (Phi) is 4.46. The van der Waals surface area contributed by atoms with E-state index in [1.54, 1.807) is 6.20 Å². The summed E-state index contributed by atoms with van der Waals surface area (Å²) >= 11 is 6.44. The fraction of sp³-hybridized carbons (Fsp3) is 0.500. The van der Waals surface area contributed by atoms with Crippen LogP contribution in [-0.2, 0) is 6.54 Å². The average Bonchev–Trinajstić information content (AvgIpc) is 3.44. The van der Waals surface area contributed by atoms with E-state index in [4.69, 9.17) is 11.6 Å². The summed E-state index contributed by atoms with van der Waals surface area (Å²) in [5, 5.41) is 9.24. The van der Waals surface area contributed by atoms with Crippen molar-refractivity contribution in [2.45, 2.75) is 33.2 Å². The second-order valence-electron chi connectivity index (χ2n) is 8.06. The first-order chi connectivity index (χ1) is 14.0. The molecule has 1 saturated heterocycles. The van der Waals surface area contributed by atoms with Gasteiger partial charge in [0.15, 0.2) is 5.65 Å². The third kappa shape index (κ3) is 3.46. The Hall–Kier alpha value is -2.61. The van der Waals surface area contributed by atoms with E-state index in [0.717, 1.165) is 54.7 Å². The maximum Gasteiger partial charge on any atom is 0.287 e. The monoisotopic (exact) mass is 413 g/mol. The predicted molar refractivity (Wildman–Crippen MR) is 113 cm³/mol. The number of piperazine rings is 1. The lowest BCUT2D eigenvalue weighted by Crippen LogP contribution is -2.47. The van der Waals surface area contributed by atoms with Crippen LogP contribution < -0.4 is 15.4 Å². The molecule has 9 heteroatoms. The molecular formula is C20H24ClN7O. The summed E-state index contributed by atoms with van der Waals surface area (Å²) in [7, 11) is 0. The van der Waals surface area contributed by atoms with Crippen molar-refractivity contribution < 1.29 is 0 Å². The lowest BCUT2D eigenvalue weighted by atomic mass is 10.2. The summed E-state index contributed by atoms with van der Waals surface area (Å²) < 4.78 is 3.42. The highest BCUT2D eigenvalue weighted by Gasteiger charge is 2.26. The fourth-order valence-electron chi connectivity index (χ4n) is 3.95. The number of anilines is 2. The summed E-state index contributed by atoms with van der Waals surface area (Å²) in [4.78, 5) is 21.6. The van der Waals surface area contributed by atoms with Crippen molar-refractivity contribution in [3.05, 3.63) is 45.1 Å². The van der Waals surface area contributed by atoms with Gasteiger partial charge in [-0.25, -0.2) is 9.67 Å². The third-order valence-electron chi connectivity index (χ3n) is 5.70. The van der Waals surface area contributed by atoms with Crippen LogP contribution >= 0.6 is 11.6 Å².